The van der Waals surface area contributed by atoms with E-state index < -0.39 is 29.8 Å². The molecule has 11 heteroatoms. The summed E-state index contributed by atoms with van der Waals surface area (Å²) in [6.07, 6.45) is -0.0936. The molecule has 3 atom stereocenters. The van der Waals surface area contributed by atoms with E-state index in [9.17, 15) is 23.5 Å². The Morgan fingerprint density at radius 2 is 2.14 bits per heavy atom. The predicted octanol–water partition coefficient (Wildman–Crippen LogP) is 1.22. The van der Waals surface area contributed by atoms with Gasteiger partial charge < -0.3 is 10.0 Å². The van der Waals surface area contributed by atoms with Crippen LogP contribution < -0.4 is 5.69 Å². The van der Waals surface area contributed by atoms with Crippen molar-refractivity contribution in [2.45, 2.75) is 44.1 Å². The van der Waals surface area contributed by atoms with Crippen LogP contribution in [0.4, 0.5) is 8.78 Å². The van der Waals surface area contributed by atoms with E-state index in [2.05, 4.69) is 10.1 Å². The second-order valence-electron chi connectivity index (χ2n) is 7.03. The number of carbonyl (C=O) groups excluding carboxylic acids is 1. The Morgan fingerprint density at radius 3 is 2.82 bits per heavy atom. The van der Waals surface area contributed by atoms with E-state index in [0.717, 1.165) is 15.3 Å². The molecule has 2 aliphatic heterocycles. The van der Waals surface area contributed by atoms with Crippen LogP contribution in [-0.4, -0.2) is 54.5 Å². The molecule has 0 spiro atoms. The highest BCUT2D eigenvalue weighted by atomic mass is 35.5. The van der Waals surface area contributed by atoms with Crippen LogP contribution in [0.2, 0.25) is 5.02 Å². The maximum absolute atomic E-state index is 14.0. The van der Waals surface area contributed by atoms with Crippen molar-refractivity contribution in [1.29, 1.82) is 0 Å². The summed E-state index contributed by atoms with van der Waals surface area (Å²) in [4.78, 5) is 30.9. The molecule has 2 aromatic heterocycles. The number of nitrogens with zero attached hydrogens (tertiary/aromatic N) is 5. The van der Waals surface area contributed by atoms with E-state index in [1.165, 1.54) is 11.1 Å². The monoisotopic (exact) mass is 413 g/mol. The number of hydrogen-bond donors (Lipinski definition) is 1. The number of carbonyl (C=O) groups is 1. The van der Waals surface area contributed by atoms with Gasteiger partial charge in [0.25, 0.3) is 0 Å². The first kappa shape index (κ1) is 19.0. The lowest BCUT2D eigenvalue weighted by Gasteiger charge is -2.28. The zero-order valence-electron chi connectivity index (χ0n) is 14.8. The smallest absolute Gasteiger partial charge is 0.347 e. The first-order chi connectivity index (χ1) is 13.3. The van der Waals surface area contributed by atoms with E-state index in [-0.39, 0.29) is 61.3 Å². The van der Waals surface area contributed by atoms with Crippen LogP contribution in [0.25, 0.3) is 0 Å². The third-order valence-corrected chi connectivity index (χ3v) is 5.34. The Hall–Kier alpha value is -2.33. The molecule has 8 nitrogen and oxygen atoms in total. The summed E-state index contributed by atoms with van der Waals surface area (Å²) in [5, 5.41) is 14.5. The van der Waals surface area contributed by atoms with Gasteiger partial charge in [0, 0.05) is 12.7 Å². The fourth-order valence-electron chi connectivity index (χ4n) is 3.70. The Morgan fingerprint density at radius 1 is 1.36 bits per heavy atom. The average molecular weight is 414 g/mol. The van der Waals surface area contributed by atoms with Crippen molar-refractivity contribution in [3.8, 4) is 0 Å². The fourth-order valence-corrected chi connectivity index (χ4v) is 3.84. The molecule has 0 aromatic carbocycles. The molecule has 2 aliphatic rings. The standard InChI is InChI=1S/C17H18ClF2N5O3/c18-9-5-11(20)12(21-6-9)8-24-17(28)25-13(1-2-14(26)15(25)22-24)16(27)23-4-3-10(19)7-23/h5-6,10,13-14,26H,1-4,7-8H2/t10-,13-,14-/m0/s1. The second kappa shape index (κ2) is 7.25. The van der Waals surface area contributed by atoms with Gasteiger partial charge in [0.1, 0.15) is 24.1 Å². The molecule has 1 N–H and O–H groups in total. The number of aliphatic hydroxyl groups excluding tert-OH is 1. The molecule has 0 aliphatic carbocycles. The molecule has 0 bridgehead atoms. The molecule has 4 rings (SSSR count). The highest BCUT2D eigenvalue weighted by Gasteiger charge is 2.38. The van der Waals surface area contributed by atoms with Gasteiger partial charge in [-0.15, -0.1) is 0 Å². The molecule has 4 heterocycles. The number of halogens is 3. The maximum Gasteiger partial charge on any atom is 0.347 e. The molecule has 0 saturated carbocycles. The zero-order chi connectivity index (χ0) is 20.0. The van der Waals surface area contributed by atoms with Crippen molar-refractivity contribution in [3.05, 3.63) is 45.1 Å². The minimum Gasteiger partial charge on any atom is -0.385 e. The number of hydrogen-bond acceptors (Lipinski definition) is 5. The highest BCUT2D eigenvalue weighted by Crippen LogP contribution is 2.31. The summed E-state index contributed by atoms with van der Waals surface area (Å²) in [5.41, 5.74) is -0.696. The number of fused-ring (bicyclic) bond motifs is 1. The number of aromatic nitrogens is 4. The number of likely N-dealkylation sites (tertiary alicyclic amines) is 1. The van der Waals surface area contributed by atoms with Gasteiger partial charge in [-0.1, -0.05) is 11.6 Å². The summed E-state index contributed by atoms with van der Waals surface area (Å²) >= 11 is 5.69. The Kier molecular flexibility index (Phi) is 4.92. The number of amides is 1. The number of rotatable bonds is 3. The van der Waals surface area contributed by atoms with E-state index in [4.69, 9.17) is 11.6 Å². The van der Waals surface area contributed by atoms with Crippen molar-refractivity contribution in [2.75, 3.05) is 13.1 Å². The number of alkyl halides is 1. The minimum absolute atomic E-state index is 0.00395. The molecule has 1 saturated heterocycles. The second-order valence-corrected chi connectivity index (χ2v) is 7.47. The molecule has 150 valence electrons. The molecular weight excluding hydrogens is 396 g/mol. The van der Waals surface area contributed by atoms with Crippen LogP contribution in [0.5, 0.6) is 0 Å². The summed E-state index contributed by atoms with van der Waals surface area (Å²) < 4.78 is 29.6. The lowest BCUT2D eigenvalue weighted by Crippen LogP contribution is -2.42. The summed E-state index contributed by atoms with van der Waals surface area (Å²) in [6, 6.07) is 0.209. The van der Waals surface area contributed by atoms with Crippen molar-refractivity contribution < 1.29 is 18.7 Å². The van der Waals surface area contributed by atoms with Gasteiger partial charge in [-0.05, 0) is 25.3 Å². The Labute approximate surface area is 163 Å². The normalized spacial score (nSPS) is 24.4. The average Bonchev–Trinajstić information content (AvgIpc) is 3.22. The first-order valence-electron chi connectivity index (χ1n) is 8.95. The van der Waals surface area contributed by atoms with Gasteiger partial charge in [-0.25, -0.2) is 18.3 Å². The first-order valence-corrected chi connectivity index (χ1v) is 9.33. The lowest BCUT2D eigenvalue weighted by atomic mass is 10.0. The van der Waals surface area contributed by atoms with Crippen LogP contribution in [0.15, 0.2) is 17.1 Å². The minimum atomic E-state index is -1.07. The van der Waals surface area contributed by atoms with Gasteiger partial charge in [0.05, 0.1) is 23.8 Å². The molecule has 2 aromatic rings. The summed E-state index contributed by atoms with van der Waals surface area (Å²) in [5.74, 6) is -1.02. The van der Waals surface area contributed by atoms with E-state index in [1.54, 1.807) is 0 Å². The quantitative estimate of drug-likeness (QED) is 0.816. The Bertz CT molecular complexity index is 978. The van der Waals surface area contributed by atoms with Crippen LogP contribution in [-0.2, 0) is 11.3 Å². The van der Waals surface area contributed by atoms with Crippen molar-refractivity contribution in [1.82, 2.24) is 24.2 Å². The topological polar surface area (TPSA) is 93.2 Å². The highest BCUT2D eigenvalue weighted by molar-refractivity contribution is 6.30. The molecule has 28 heavy (non-hydrogen) atoms. The summed E-state index contributed by atoms with van der Waals surface area (Å²) in [7, 11) is 0. The lowest BCUT2D eigenvalue weighted by molar-refractivity contribution is -0.135. The van der Waals surface area contributed by atoms with E-state index >= 15 is 0 Å². The molecule has 1 amide bonds. The molecule has 1 fully saturated rings. The fraction of sp³-hybridized carbons (Fsp3) is 0.529. The van der Waals surface area contributed by atoms with E-state index in [0.29, 0.717) is 0 Å². The van der Waals surface area contributed by atoms with Crippen LogP contribution >= 0.6 is 11.6 Å². The third kappa shape index (κ3) is 3.30. The molecule has 0 radical (unpaired) electrons. The van der Waals surface area contributed by atoms with Gasteiger partial charge >= 0.3 is 5.69 Å². The molecule has 0 unspecified atom stereocenters. The zero-order valence-corrected chi connectivity index (χ0v) is 15.5. The number of aliphatic hydroxyl groups is 1. The Balaban J connectivity index is 1.67. The van der Waals surface area contributed by atoms with Crippen molar-refractivity contribution in [2.24, 2.45) is 0 Å². The predicted molar refractivity (Wildman–Crippen MR) is 94.1 cm³/mol. The maximum atomic E-state index is 14.0. The van der Waals surface area contributed by atoms with Gasteiger partial charge in [-0.3, -0.25) is 14.3 Å². The third-order valence-electron chi connectivity index (χ3n) is 5.13. The van der Waals surface area contributed by atoms with Gasteiger partial charge in [0.2, 0.25) is 5.91 Å². The van der Waals surface area contributed by atoms with Crippen molar-refractivity contribution in [3.63, 3.8) is 0 Å². The SMILES string of the molecule is O=C([C@@H]1CC[C@H](O)c2nn(Cc3ncc(Cl)cc3F)c(=O)n21)N1CC[C@H](F)C1. The van der Waals surface area contributed by atoms with Crippen LogP contribution in [0.3, 0.4) is 0 Å². The van der Waals surface area contributed by atoms with Gasteiger partial charge in [-0.2, -0.15) is 5.10 Å². The van der Waals surface area contributed by atoms with Crippen LogP contribution in [0.1, 0.15) is 42.9 Å². The van der Waals surface area contributed by atoms with E-state index in [1.807, 2.05) is 0 Å². The largest absolute Gasteiger partial charge is 0.385 e. The summed E-state index contributed by atoms with van der Waals surface area (Å²) in [6.45, 7) is 0.0128. The number of pyridine rings is 1. The van der Waals surface area contributed by atoms with Crippen molar-refractivity contribution >= 4 is 17.5 Å². The van der Waals surface area contributed by atoms with Crippen LogP contribution in [0, 0.1) is 5.82 Å². The molecular formula is C17H18ClF2N5O3. The van der Waals surface area contributed by atoms with Gasteiger partial charge in [0.15, 0.2) is 5.82 Å².